The fourth-order valence-electron chi connectivity index (χ4n) is 1.37. The van der Waals surface area contributed by atoms with Crippen LogP contribution in [0.15, 0.2) is 30.3 Å². The molecule has 1 N–H and O–H groups in total. The summed E-state index contributed by atoms with van der Waals surface area (Å²) < 4.78 is -2.21. The highest BCUT2D eigenvalue weighted by Crippen LogP contribution is 2.62. The van der Waals surface area contributed by atoms with E-state index in [0.29, 0.717) is 5.56 Å². The average Bonchev–Trinajstić information content (AvgIpc) is 2.81. The summed E-state index contributed by atoms with van der Waals surface area (Å²) >= 11 is 14.8. The quantitative estimate of drug-likeness (QED) is 0.666. The van der Waals surface area contributed by atoms with Crippen molar-refractivity contribution in [2.75, 3.05) is 0 Å². The van der Waals surface area contributed by atoms with E-state index in [9.17, 15) is 9.59 Å². The fourth-order valence-corrected chi connectivity index (χ4v) is 2.79. The van der Waals surface area contributed by atoms with E-state index in [4.69, 9.17) is 23.2 Å². The van der Waals surface area contributed by atoms with Gasteiger partial charge in [-0.25, -0.2) is 0 Å². The van der Waals surface area contributed by atoms with Crippen LogP contribution in [0.1, 0.15) is 16.8 Å². The van der Waals surface area contributed by atoms with Crippen molar-refractivity contribution >= 4 is 50.9 Å². The van der Waals surface area contributed by atoms with Crippen LogP contribution < -0.4 is 5.32 Å². The molecule has 0 radical (unpaired) electrons. The number of nitrogens with one attached hydrogen (secondary N) is 1. The van der Waals surface area contributed by atoms with Crippen LogP contribution in [0.5, 0.6) is 0 Å². The van der Waals surface area contributed by atoms with Crippen molar-refractivity contribution in [2.45, 2.75) is 15.1 Å². The molecule has 2 rings (SSSR count). The Labute approximate surface area is 117 Å². The lowest BCUT2D eigenvalue weighted by atomic mass is 10.2. The lowest BCUT2D eigenvalue weighted by Crippen LogP contribution is -2.39. The third kappa shape index (κ3) is 2.34. The molecule has 90 valence electrons. The summed E-state index contributed by atoms with van der Waals surface area (Å²) in [5.74, 6) is -0.984. The van der Waals surface area contributed by atoms with Crippen molar-refractivity contribution in [3.8, 4) is 0 Å². The third-order valence-electron chi connectivity index (χ3n) is 2.54. The Hall–Kier alpha value is -0.580. The first-order chi connectivity index (χ1) is 7.87. The second-order valence-corrected chi connectivity index (χ2v) is 6.67. The molecular weight excluding hydrogens is 329 g/mol. The van der Waals surface area contributed by atoms with Crippen molar-refractivity contribution in [2.24, 2.45) is 0 Å². The molecule has 0 spiro atoms. The van der Waals surface area contributed by atoms with Gasteiger partial charge in [0.1, 0.15) is 8.66 Å². The van der Waals surface area contributed by atoms with Crippen molar-refractivity contribution in [1.29, 1.82) is 0 Å². The van der Waals surface area contributed by atoms with E-state index in [1.165, 1.54) is 0 Å². The van der Waals surface area contributed by atoms with Gasteiger partial charge in [0, 0.05) is 12.0 Å². The standard InChI is InChI=1S/C11H8BrCl2NO2/c12-10(6-11(10,13)14)9(17)15-8(16)7-4-2-1-3-5-7/h1-5H,6H2,(H,15,16,17). The Bertz CT molecular complexity index is 478. The zero-order valence-corrected chi connectivity index (χ0v) is 11.6. The van der Waals surface area contributed by atoms with Crippen LogP contribution in [0.2, 0.25) is 0 Å². The molecule has 0 aliphatic heterocycles. The highest BCUT2D eigenvalue weighted by Gasteiger charge is 2.70. The molecule has 1 aliphatic rings. The Morgan fingerprint density at radius 2 is 1.76 bits per heavy atom. The predicted molar refractivity (Wildman–Crippen MR) is 69.6 cm³/mol. The van der Waals surface area contributed by atoms with E-state index in [1.807, 2.05) is 0 Å². The number of imide groups is 1. The van der Waals surface area contributed by atoms with Crippen LogP contribution in [-0.2, 0) is 4.79 Å². The molecule has 6 heteroatoms. The molecular formula is C11H8BrCl2NO2. The maximum Gasteiger partial charge on any atom is 0.257 e. The first-order valence-electron chi connectivity index (χ1n) is 4.84. The first-order valence-corrected chi connectivity index (χ1v) is 6.39. The molecule has 0 saturated heterocycles. The number of benzene rings is 1. The van der Waals surface area contributed by atoms with Crippen molar-refractivity contribution in [3.63, 3.8) is 0 Å². The molecule has 1 fully saturated rings. The first kappa shape index (κ1) is 12.9. The summed E-state index contributed by atoms with van der Waals surface area (Å²) in [5, 5.41) is 2.26. The van der Waals surface area contributed by atoms with Gasteiger partial charge in [-0.1, -0.05) is 57.3 Å². The number of carbonyl (C=O) groups excluding carboxylic acids is 2. The van der Waals surface area contributed by atoms with Gasteiger partial charge < -0.3 is 0 Å². The summed E-state index contributed by atoms with van der Waals surface area (Å²) in [6.07, 6.45) is 0.275. The van der Waals surface area contributed by atoms with Gasteiger partial charge >= 0.3 is 0 Å². The topological polar surface area (TPSA) is 46.2 Å². The number of hydrogen-bond acceptors (Lipinski definition) is 2. The van der Waals surface area contributed by atoms with E-state index in [1.54, 1.807) is 30.3 Å². The fraction of sp³-hybridized carbons (Fsp3) is 0.273. The van der Waals surface area contributed by atoms with Crippen LogP contribution >= 0.6 is 39.1 Å². The van der Waals surface area contributed by atoms with Crippen LogP contribution in [0.3, 0.4) is 0 Å². The zero-order valence-electron chi connectivity index (χ0n) is 8.54. The minimum atomic E-state index is -1.14. The molecule has 0 bridgehead atoms. The molecule has 1 saturated carbocycles. The minimum Gasteiger partial charge on any atom is -0.291 e. The van der Waals surface area contributed by atoms with E-state index >= 15 is 0 Å². The van der Waals surface area contributed by atoms with Gasteiger partial charge in [-0.05, 0) is 12.1 Å². The summed E-state index contributed by atoms with van der Waals surface area (Å²) in [4.78, 5) is 23.5. The number of amides is 2. The molecule has 17 heavy (non-hydrogen) atoms. The molecule has 0 heterocycles. The summed E-state index contributed by atoms with van der Waals surface area (Å²) in [5.41, 5.74) is 0.410. The SMILES string of the molecule is O=C(NC(=O)C1(Br)CC1(Cl)Cl)c1ccccc1. The normalized spacial score (nSPS) is 25.1. The van der Waals surface area contributed by atoms with Crippen molar-refractivity contribution in [3.05, 3.63) is 35.9 Å². The number of rotatable bonds is 2. The molecule has 1 aromatic carbocycles. The van der Waals surface area contributed by atoms with Crippen LogP contribution in [0.25, 0.3) is 0 Å². The van der Waals surface area contributed by atoms with Crippen molar-refractivity contribution < 1.29 is 9.59 Å². The molecule has 0 aromatic heterocycles. The minimum absolute atomic E-state index is 0.275. The number of hydrogen-bond donors (Lipinski definition) is 1. The molecule has 1 atom stereocenters. The van der Waals surface area contributed by atoms with Gasteiger partial charge in [0.25, 0.3) is 5.91 Å². The van der Waals surface area contributed by atoms with E-state index in [2.05, 4.69) is 21.2 Å². The molecule has 2 amide bonds. The summed E-state index contributed by atoms with van der Waals surface area (Å²) in [6.45, 7) is 0. The van der Waals surface area contributed by atoms with Gasteiger partial charge in [-0.2, -0.15) is 0 Å². The zero-order chi connectivity index (χ0) is 12.7. The van der Waals surface area contributed by atoms with E-state index < -0.39 is 20.5 Å². The smallest absolute Gasteiger partial charge is 0.257 e. The van der Waals surface area contributed by atoms with Crippen LogP contribution in [-0.4, -0.2) is 20.5 Å². The maximum absolute atomic E-state index is 11.8. The Kier molecular flexibility index (Phi) is 3.23. The lowest BCUT2D eigenvalue weighted by molar-refractivity contribution is -0.120. The van der Waals surface area contributed by atoms with Crippen LogP contribution in [0.4, 0.5) is 0 Å². The van der Waals surface area contributed by atoms with Gasteiger partial charge in [-0.3, -0.25) is 14.9 Å². The predicted octanol–water partition coefficient (Wildman–Crippen LogP) is 2.65. The van der Waals surface area contributed by atoms with E-state index in [0.717, 1.165) is 0 Å². The second kappa shape index (κ2) is 4.26. The molecule has 1 aliphatic carbocycles. The highest BCUT2D eigenvalue weighted by atomic mass is 79.9. The van der Waals surface area contributed by atoms with Gasteiger partial charge in [0.15, 0.2) is 0 Å². The van der Waals surface area contributed by atoms with Gasteiger partial charge in [-0.15, -0.1) is 0 Å². The Balaban J connectivity index is 2.04. The third-order valence-corrected chi connectivity index (χ3v) is 5.23. The highest BCUT2D eigenvalue weighted by molar-refractivity contribution is 9.10. The summed E-state index contributed by atoms with van der Waals surface area (Å²) in [7, 11) is 0. The number of halogens is 3. The number of alkyl halides is 3. The lowest BCUT2D eigenvalue weighted by Gasteiger charge is -2.09. The molecule has 1 aromatic rings. The second-order valence-electron chi connectivity index (χ2n) is 3.83. The number of carbonyl (C=O) groups is 2. The maximum atomic E-state index is 11.8. The monoisotopic (exact) mass is 335 g/mol. The Morgan fingerprint density at radius 1 is 1.24 bits per heavy atom. The van der Waals surface area contributed by atoms with E-state index in [-0.39, 0.29) is 6.42 Å². The van der Waals surface area contributed by atoms with Gasteiger partial charge in [0.2, 0.25) is 5.91 Å². The summed E-state index contributed by atoms with van der Waals surface area (Å²) in [6, 6.07) is 8.45. The van der Waals surface area contributed by atoms with Crippen molar-refractivity contribution in [1.82, 2.24) is 5.32 Å². The molecule has 1 unspecified atom stereocenters. The largest absolute Gasteiger partial charge is 0.291 e. The molecule has 3 nitrogen and oxygen atoms in total. The van der Waals surface area contributed by atoms with Crippen LogP contribution in [0, 0.1) is 0 Å². The average molecular weight is 337 g/mol. The van der Waals surface area contributed by atoms with Gasteiger partial charge in [0.05, 0.1) is 0 Å². The Morgan fingerprint density at radius 3 is 2.24 bits per heavy atom.